The standard InChI is InChI=1S/C20H23ClN2O5/c1-14(24)23-22-13-15-11-18(21)20(19(12-15)26-3)28-10-4-9-27-17-7-5-16(25-2)6-8-17/h5-8,11-13H,4,9-10H2,1-3H3,(H,23,24)/b22-13+. The van der Waals surface area contributed by atoms with E-state index in [0.29, 0.717) is 41.7 Å². The zero-order valence-corrected chi connectivity index (χ0v) is 16.8. The van der Waals surface area contributed by atoms with Gasteiger partial charge in [0.1, 0.15) is 11.5 Å². The molecule has 0 bridgehead atoms. The fraction of sp³-hybridized carbons (Fsp3) is 0.300. The van der Waals surface area contributed by atoms with E-state index in [9.17, 15) is 4.79 Å². The topological polar surface area (TPSA) is 78.4 Å². The Bertz CT molecular complexity index is 809. The zero-order valence-electron chi connectivity index (χ0n) is 16.0. The molecule has 28 heavy (non-hydrogen) atoms. The number of carbonyl (C=O) groups is 1. The van der Waals surface area contributed by atoms with Gasteiger partial charge >= 0.3 is 0 Å². The largest absolute Gasteiger partial charge is 0.497 e. The van der Waals surface area contributed by atoms with E-state index in [2.05, 4.69) is 10.5 Å². The lowest BCUT2D eigenvalue weighted by Gasteiger charge is -2.13. The summed E-state index contributed by atoms with van der Waals surface area (Å²) in [7, 11) is 3.15. The Labute approximate surface area is 169 Å². The molecule has 7 nitrogen and oxygen atoms in total. The van der Waals surface area contributed by atoms with Gasteiger partial charge in [-0.25, -0.2) is 5.43 Å². The van der Waals surface area contributed by atoms with E-state index in [4.69, 9.17) is 30.5 Å². The average Bonchev–Trinajstić information content (AvgIpc) is 2.69. The number of nitrogens with one attached hydrogen (secondary N) is 1. The molecular weight excluding hydrogens is 384 g/mol. The molecule has 2 rings (SSSR count). The van der Waals surface area contributed by atoms with Gasteiger partial charge in [-0.1, -0.05) is 11.6 Å². The van der Waals surface area contributed by atoms with Crippen molar-refractivity contribution in [2.24, 2.45) is 5.10 Å². The highest BCUT2D eigenvalue weighted by Gasteiger charge is 2.11. The van der Waals surface area contributed by atoms with Crippen molar-refractivity contribution < 1.29 is 23.7 Å². The number of methoxy groups -OCH3 is 2. The Morgan fingerprint density at radius 3 is 2.39 bits per heavy atom. The maximum Gasteiger partial charge on any atom is 0.236 e. The van der Waals surface area contributed by atoms with E-state index in [1.54, 1.807) is 19.2 Å². The molecule has 0 spiro atoms. The van der Waals surface area contributed by atoms with Gasteiger partial charge in [-0.3, -0.25) is 4.79 Å². The van der Waals surface area contributed by atoms with Crippen LogP contribution in [0.4, 0.5) is 0 Å². The minimum absolute atomic E-state index is 0.258. The molecule has 0 aliphatic rings. The summed E-state index contributed by atoms with van der Waals surface area (Å²) in [5.74, 6) is 2.21. The number of halogens is 1. The van der Waals surface area contributed by atoms with Crippen molar-refractivity contribution in [1.82, 2.24) is 5.43 Å². The van der Waals surface area contributed by atoms with Crippen LogP contribution < -0.4 is 24.4 Å². The SMILES string of the molecule is COc1ccc(OCCCOc2c(Cl)cc(/C=N/NC(C)=O)cc2OC)cc1. The van der Waals surface area contributed by atoms with E-state index >= 15 is 0 Å². The fourth-order valence-corrected chi connectivity index (χ4v) is 2.52. The summed E-state index contributed by atoms with van der Waals surface area (Å²) in [6.07, 6.45) is 2.14. The van der Waals surface area contributed by atoms with Crippen LogP contribution in [0, 0.1) is 0 Å². The number of hydrogen-bond donors (Lipinski definition) is 1. The Hall–Kier alpha value is -2.93. The van der Waals surface area contributed by atoms with Crippen molar-refractivity contribution in [3.8, 4) is 23.0 Å². The Balaban J connectivity index is 1.86. The van der Waals surface area contributed by atoms with Gasteiger partial charge < -0.3 is 18.9 Å². The molecule has 150 valence electrons. The van der Waals surface area contributed by atoms with Crippen LogP contribution in [0.5, 0.6) is 23.0 Å². The lowest BCUT2D eigenvalue weighted by Crippen LogP contribution is -2.12. The predicted octanol–water partition coefficient (Wildman–Crippen LogP) is 3.68. The molecule has 0 heterocycles. The molecule has 0 unspecified atom stereocenters. The van der Waals surface area contributed by atoms with Crippen LogP contribution in [0.3, 0.4) is 0 Å². The summed E-state index contributed by atoms with van der Waals surface area (Å²) >= 11 is 6.29. The molecule has 2 aromatic carbocycles. The van der Waals surface area contributed by atoms with Crippen molar-refractivity contribution in [1.29, 1.82) is 0 Å². The van der Waals surface area contributed by atoms with Crippen molar-refractivity contribution in [2.45, 2.75) is 13.3 Å². The van der Waals surface area contributed by atoms with Gasteiger partial charge in [-0.05, 0) is 42.0 Å². The second-order valence-electron chi connectivity index (χ2n) is 5.69. The first-order valence-corrected chi connectivity index (χ1v) is 8.98. The van der Waals surface area contributed by atoms with Crippen LogP contribution in [-0.4, -0.2) is 39.6 Å². The second-order valence-corrected chi connectivity index (χ2v) is 6.09. The normalized spacial score (nSPS) is 10.6. The molecule has 0 saturated carbocycles. The molecular formula is C20H23ClN2O5. The first-order chi connectivity index (χ1) is 13.5. The van der Waals surface area contributed by atoms with Crippen LogP contribution in [0.15, 0.2) is 41.5 Å². The number of amides is 1. The number of carbonyl (C=O) groups excluding carboxylic acids is 1. The summed E-state index contributed by atoms with van der Waals surface area (Å²) < 4.78 is 21.9. The number of nitrogens with zero attached hydrogens (tertiary/aromatic N) is 1. The summed E-state index contributed by atoms with van der Waals surface area (Å²) in [6, 6.07) is 10.8. The molecule has 0 saturated heterocycles. The molecule has 0 radical (unpaired) electrons. The molecule has 8 heteroatoms. The Morgan fingerprint density at radius 2 is 1.75 bits per heavy atom. The lowest BCUT2D eigenvalue weighted by atomic mass is 10.2. The first kappa shape index (κ1) is 21.4. The molecule has 0 aliphatic carbocycles. The quantitative estimate of drug-likeness (QED) is 0.370. The third kappa shape index (κ3) is 6.66. The highest BCUT2D eigenvalue weighted by molar-refractivity contribution is 6.32. The van der Waals surface area contributed by atoms with Crippen molar-refractivity contribution in [3.05, 3.63) is 47.0 Å². The van der Waals surface area contributed by atoms with Crippen LogP contribution >= 0.6 is 11.6 Å². The minimum atomic E-state index is -0.258. The first-order valence-electron chi connectivity index (χ1n) is 8.60. The third-order valence-electron chi connectivity index (χ3n) is 3.55. The second kappa shape index (κ2) is 11.0. The predicted molar refractivity (Wildman–Crippen MR) is 108 cm³/mol. The van der Waals surface area contributed by atoms with Gasteiger partial charge in [0.2, 0.25) is 5.91 Å². The third-order valence-corrected chi connectivity index (χ3v) is 3.83. The molecule has 0 atom stereocenters. The monoisotopic (exact) mass is 406 g/mol. The number of hydrogen-bond acceptors (Lipinski definition) is 6. The van der Waals surface area contributed by atoms with Gasteiger partial charge in [-0.15, -0.1) is 0 Å². The maximum atomic E-state index is 10.9. The van der Waals surface area contributed by atoms with E-state index in [1.165, 1.54) is 20.2 Å². The lowest BCUT2D eigenvalue weighted by molar-refractivity contribution is -0.118. The van der Waals surface area contributed by atoms with Crippen molar-refractivity contribution in [3.63, 3.8) is 0 Å². The van der Waals surface area contributed by atoms with Gasteiger partial charge in [0.15, 0.2) is 11.5 Å². The Kier molecular flexibility index (Phi) is 8.42. The number of hydrazone groups is 1. The Morgan fingerprint density at radius 1 is 1.07 bits per heavy atom. The smallest absolute Gasteiger partial charge is 0.236 e. The highest BCUT2D eigenvalue weighted by Crippen LogP contribution is 2.36. The van der Waals surface area contributed by atoms with Crippen molar-refractivity contribution in [2.75, 3.05) is 27.4 Å². The molecule has 0 aromatic heterocycles. The highest BCUT2D eigenvalue weighted by atomic mass is 35.5. The van der Waals surface area contributed by atoms with Crippen LogP contribution in [0.2, 0.25) is 5.02 Å². The summed E-state index contributed by atoms with van der Waals surface area (Å²) in [4.78, 5) is 10.9. The van der Waals surface area contributed by atoms with E-state index in [1.807, 2.05) is 24.3 Å². The van der Waals surface area contributed by atoms with Crippen LogP contribution in [-0.2, 0) is 4.79 Å². The molecule has 1 amide bonds. The van der Waals surface area contributed by atoms with E-state index < -0.39 is 0 Å². The summed E-state index contributed by atoms with van der Waals surface area (Å²) in [6.45, 7) is 2.28. The van der Waals surface area contributed by atoms with Crippen LogP contribution in [0.25, 0.3) is 0 Å². The molecule has 2 aromatic rings. The van der Waals surface area contributed by atoms with Gasteiger partial charge in [0, 0.05) is 13.3 Å². The van der Waals surface area contributed by atoms with Gasteiger partial charge in [-0.2, -0.15) is 5.10 Å². The average molecular weight is 407 g/mol. The molecule has 1 N–H and O–H groups in total. The number of benzene rings is 2. The maximum absolute atomic E-state index is 10.9. The fourth-order valence-electron chi connectivity index (χ4n) is 2.25. The molecule has 0 fully saturated rings. The summed E-state index contributed by atoms with van der Waals surface area (Å²) in [5, 5.41) is 4.20. The van der Waals surface area contributed by atoms with E-state index in [-0.39, 0.29) is 5.91 Å². The summed E-state index contributed by atoms with van der Waals surface area (Å²) in [5.41, 5.74) is 3.00. The van der Waals surface area contributed by atoms with Gasteiger partial charge in [0.05, 0.1) is 38.7 Å². The number of ether oxygens (including phenoxy) is 4. The van der Waals surface area contributed by atoms with E-state index in [0.717, 1.165) is 11.5 Å². The molecule has 0 aliphatic heterocycles. The van der Waals surface area contributed by atoms with Crippen molar-refractivity contribution >= 4 is 23.7 Å². The minimum Gasteiger partial charge on any atom is -0.497 e. The van der Waals surface area contributed by atoms with Crippen LogP contribution in [0.1, 0.15) is 18.9 Å². The number of rotatable bonds is 10. The zero-order chi connectivity index (χ0) is 20.4. The van der Waals surface area contributed by atoms with Gasteiger partial charge in [0.25, 0.3) is 0 Å².